The van der Waals surface area contributed by atoms with Crippen molar-refractivity contribution in [3.05, 3.63) is 81.9 Å². The lowest BCUT2D eigenvalue weighted by Gasteiger charge is -2.27. The van der Waals surface area contributed by atoms with Crippen molar-refractivity contribution >= 4 is 29.4 Å². The molecule has 0 radical (unpaired) electrons. The van der Waals surface area contributed by atoms with Gasteiger partial charge in [-0.3, -0.25) is 9.48 Å². The lowest BCUT2D eigenvalue weighted by molar-refractivity contribution is -0.143. The molecular weight excluding hydrogens is 695 g/mol. The number of fused-ring (bicyclic) bond motifs is 1. The number of carbonyl (C=O) groups excluding carboxylic acids is 3. The van der Waals surface area contributed by atoms with E-state index in [1.165, 1.54) is 24.1 Å². The molecule has 0 saturated carbocycles. The fraction of sp³-hybridized carbons (Fsp3) is 0.400. The van der Waals surface area contributed by atoms with Gasteiger partial charge in [0.1, 0.15) is 17.1 Å². The molecule has 0 fully saturated rings. The number of methoxy groups -OCH3 is 1. The van der Waals surface area contributed by atoms with E-state index in [9.17, 15) is 27.6 Å². The number of ether oxygens (including phenoxy) is 4. The summed E-state index contributed by atoms with van der Waals surface area (Å²) in [6.45, 7) is 6.51. The summed E-state index contributed by atoms with van der Waals surface area (Å²) < 4.78 is 68.9. The van der Waals surface area contributed by atoms with Gasteiger partial charge in [0.2, 0.25) is 5.62 Å². The predicted octanol–water partition coefficient (Wildman–Crippen LogP) is 6.25. The summed E-state index contributed by atoms with van der Waals surface area (Å²) in [5, 5.41) is 4.03. The van der Waals surface area contributed by atoms with Crippen LogP contribution in [0.15, 0.2) is 53.9 Å². The number of carbonyl (C=O) groups is 3. The van der Waals surface area contributed by atoms with Crippen LogP contribution in [0.1, 0.15) is 54.9 Å². The number of benzene rings is 2. The van der Waals surface area contributed by atoms with Gasteiger partial charge in [-0.2, -0.15) is 18.3 Å². The van der Waals surface area contributed by atoms with Crippen LogP contribution in [0.3, 0.4) is 0 Å². The lowest BCUT2D eigenvalue weighted by Crippen LogP contribution is -2.31. The summed E-state index contributed by atoms with van der Waals surface area (Å²) in [7, 11) is 2.90. The molecule has 1 atom stereocenters. The molecule has 51 heavy (non-hydrogen) atoms. The molecule has 2 aromatic heterocycles. The Hall–Kier alpha value is -5.05. The van der Waals surface area contributed by atoms with Gasteiger partial charge < -0.3 is 28.1 Å². The second kappa shape index (κ2) is 14.7. The Morgan fingerprint density at radius 3 is 2.47 bits per heavy atom. The van der Waals surface area contributed by atoms with Crippen molar-refractivity contribution in [2.45, 2.75) is 59.0 Å². The largest absolute Gasteiger partial charge is 0.491 e. The molecule has 0 N–H and O–H groups in total. The first-order chi connectivity index (χ1) is 24.0. The molecule has 1 amide bonds. The van der Waals surface area contributed by atoms with Crippen LogP contribution >= 0.6 is 11.6 Å². The predicted molar refractivity (Wildman–Crippen MR) is 179 cm³/mol. The summed E-state index contributed by atoms with van der Waals surface area (Å²) in [5.74, 6) is -1.45. The molecule has 12 nitrogen and oxygen atoms in total. The van der Waals surface area contributed by atoms with Crippen molar-refractivity contribution in [3.63, 3.8) is 0 Å². The number of nitrogens with zero attached hydrogens (tertiary/aromatic N) is 5. The maximum absolute atomic E-state index is 14.3. The molecular formula is C35H37ClF3N5O7. The van der Waals surface area contributed by atoms with Crippen LogP contribution in [0.4, 0.5) is 18.0 Å². The minimum atomic E-state index is -4.80. The number of aryl methyl sites for hydroxylation is 2. The van der Waals surface area contributed by atoms with E-state index in [-0.39, 0.29) is 77.3 Å². The Morgan fingerprint density at radius 1 is 1.08 bits per heavy atom. The van der Waals surface area contributed by atoms with Crippen LogP contribution in [0.5, 0.6) is 11.5 Å². The Kier molecular flexibility index (Phi) is 10.7. The number of aromatic nitrogens is 4. The topological polar surface area (TPSA) is 128 Å². The first-order valence-corrected chi connectivity index (χ1v) is 16.3. The average Bonchev–Trinajstić information content (AvgIpc) is 3.65. The summed E-state index contributed by atoms with van der Waals surface area (Å²) >= 11 is 6.25. The molecule has 1 unspecified atom stereocenters. The molecule has 0 spiro atoms. The van der Waals surface area contributed by atoms with Crippen LogP contribution in [-0.2, 0) is 47.0 Å². The summed E-state index contributed by atoms with van der Waals surface area (Å²) in [5.41, 5.74) is -0.692. The monoisotopic (exact) mass is 731 g/mol. The van der Waals surface area contributed by atoms with Gasteiger partial charge in [-0.1, -0.05) is 17.7 Å². The fourth-order valence-electron chi connectivity index (χ4n) is 5.55. The second-order valence-electron chi connectivity index (χ2n) is 12.9. The zero-order chi connectivity index (χ0) is 37.2. The third-order valence-corrected chi connectivity index (χ3v) is 8.20. The molecule has 0 saturated heterocycles. The van der Waals surface area contributed by atoms with E-state index in [1.807, 2.05) is 0 Å². The summed E-state index contributed by atoms with van der Waals surface area (Å²) in [4.78, 5) is 42.5. The quantitative estimate of drug-likeness (QED) is 0.185. The maximum Gasteiger partial charge on any atom is 0.437 e. The molecule has 1 aliphatic heterocycles. The molecule has 272 valence electrons. The molecule has 0 aliphatic carbocycles. The fourth-order valence-corrected chi connectivity index (χ4v) is 5.72. The average molecular weight is 732 g/mol. The van der Waals surface area contributed by atoms with Gasteiger partial charge in [-0.05, 0) is 69.5 Å². The standard InChI is InChI=1S/C35H37ClF3N5O7/c1-7-44-17-25(31(41-44)35(37,38)39)23-13-21(16-43-11-10-42(5)32(43)40-33(47)51-34(2,3)4)14-24-29(46)22(18-50-30(23)24)12-20-8-9-26(36)27(15-20)49-19-28(45)48-6/h8-11,13-15,17,22H,7,12,16,18-19H2,1-6H3/b40-32+. The number of imidazole rings is 1. The van der Waals surface area contributed by atoms with Gasteiger partial charge in [0, 0.05) is 43.3 Å². The van der Waals surface area contributed by atoms with Crippen LogP contribution in [0, 0.1) is 5.92 Å². The van der Waals surface area contributed by atoms with E-state index in [0.717, 1.165) is 0 Å². The first-order valence-electron chi connectivity index (χ1n) is 15.9. The van der Waals surface area contributed by atoms with Crippen LogP contribution in [-0.4, -0.2) is 62.7 Å². The Labute approximate surface area is 296 Å². The summed E-state index contributed by atoms with van der Waals surface area (Å²) in [6, 6.07) is 7.98. The van der Waals surface area contributed by atoms with E-state index in [2.05, 4.69) is 14.8 Å². The van der Waals surface area contributed by atoms with Crippen molar-refractivity contribution in [3.8, 4) is 22.6 Å². The molecule has 3 heterocycles. The van der Waals surface area contributed by atoms with Gasteiger partial charge in [0.25, 0.3) is 0 Å². The zero-order valence-corrected chi connectivity index (χ0v) is 29.6. The molecule has 1 aliphatic rings. The highest BCUT2D eigenvalue weighted by Crippen LogP contribution is 2.44. The lowest BCUT2D eigenvalue weighted by atomic mass is 9.86. The normalized spacial score (nSPS) is 15.0. The van der Waals surface area contributed by atoms with E-state index in [1.54, 1.807) is 80.5 Å². The number of amides is 1. The number of esters is 1. The van der Waals surface area contributed by atoms with Crippen molar-refractivity contribution < 1.29 is 46.5 Å². The summed E-state index contributed by atoms with van der Waals surface area (Å²) in [6.07, 6.45) is -0.842. The number of ketones is 1. The highest BCUT2D eigenvalue weighted by molar-refractivity contribution is 6.32. The van der Waals surface area contributed by atoms with Gasteiger partial charge in [0.05, 0.1) is 36.8 Å². The van der Waals surface area contributed by atoms with Crippen LogP contribution < -0.4 is 15.1 Å². The first kappa shape index (κ1) is 37.2. The third kappa shape index (κ3) is 8.64. The number of rotatable bonds is 9. The zero-order valence-electron chi connectivity index (χ0n) is 28.8. The Bertz CT molecular complexity index is 2040. The minimum Gasteiger partial charge on any atom is -0.491 e. The van der Waals surface area contributed by atoms with E-state index in [4.69, 9.17) is 25.8 Å². The number of Topliss-reactive ketones (excluding diaryl/α,β-unsaturated/α-hetero) is 1. The van der Waals surface area contributed by atoms with Crippen molar-refractivity contribution in [1.82, 2.24) is 18.9 Å². The van der Waals surface area contributed by atoms with E-state index in [0.29, 0.717) is 11.1 Å². The van der Waals surface area contributed by atoms with Crippen molar-refractivity contribution in [2.24, 2.45) is 18.0 Å². The number of alkyl halides is 3. The molecule has 2 aromatic carbocycles. The smallest absolute Gasteiger partial charge is 0.437 e. The highest BCUT2D eigenvalue weighted by atomic mass is 35.5. The van der Waals surface area contributed by atoms with Gasteiger partial charge >= 0.3 is 18.2 Å². The highest BCUT2D eigenvalue weighted by Gasteiger charge is 2.40. The SMILES string of the molecule is CCn1cc(-c2cc(Cn3ccn(C)/c3=N\C(=O)OC(C)(C)C)cc3c2OCC(Cc2ccc(Cl)c(OCC(=O)OC)c2)C3=O)c(C(F)(F)F)n1. The molecule has 5 rings (SSSR count). The Balaban J connectivity index is 1.57. The number of hydrogen-bond acceptors (Lipinski definition) is 8. The van der Waals surface area contributed by atoms with Gasteiger partial charge in [-0.15, -0.1) is 4.99 Å². The Morgan fingerprint density at radius 2 is 1.80 bits per heavy atom. The maximum atomic E-state index is 14.3. The minimum absolute atomic E-state index is 0.0103. The molecule has 16 heteroatoms. The van der Waals surface area contributed by atoms with E-state index >= 15 is 0 Å². The molecule has 0 bridgehead atoms. The van der Waals surface area contributed by atoms with Crippen molar-refractivity contribution in [2.75, 3.05) is 20.3 Å². The van der Waals surface area contributed by atoms with Crippen molar-refractivity contribution in [1.29, 1.82) is 0 Å². The molecule has 4 aromatic rings. The van der Waals surface area contributed by atoms with Crippen LogP contribution in [0.2, 0.25) is 5.02 Å². The van der Waals surface area contributed by atoms with Crippen LogP contribution in [0.25, 0.3) is 11.1 Å². The second-order valence-corrected chi connectivity index (χ2v) is 13.3. The number of hydrogen-bond donors (Lipinski definition) is 0. The van der Waals surface area contributed by atoms with E-state index < -0.39 is 35.5 Å². The number of halogens is 4. The van der Waals surface area contributed by atoms with Gasteiger partial charge in [0.15, 0.2) is 18.1 Å². The van der Waals surface area contributed by atoms with Gasteiger partial charge in [-0.25, -0.2) is 9.59 Å². The third-order valence-electron chi connectivity index (χ3n) is 7.89.